The molecule has 0 aliphatic rings. The molecule has 0 heterocycles. The van der Waals surface area contributed by atoms with E-state index in [0.29, 0.717) is 17.1 Å². The lowest BCUT2D eigenvalue weighted by atomic mass is 9.78. The average molecular weight is 682 g/mol. The number of benzene rings is 2. The third-order valence-electron chi connectivity index (χ3n) is 4.55. The van der Waals surface area contributed by atoms with Gasteiger partial charge in [0.15, 0.2) is 5.75 Å². The lowest BCUT2D eigenvalue weighted by Crippen LogP contribution is -2.19. The van der Waals surface area contributed by atoms with E-state index in [1.165, 1.54) is 6.26 Å². The maximum absolute atomic E-state index is 11.5. The highest BCUT2D eigenvalue weighted by atomic mass is 79.9. The Morgan fingerprint density at radius 2 is 1.39 bits per heavy atom. The largest absolute Gasteiger partial charge is 0.488 e. The Hall–Kier alpha value is -1.09. The van der Waals surface area contributed by atoms with Gasteiger partial charge < -0.3 is 14.2 Å². The first-order valence-electron chi connectivity index (χ1n) is 9.21. The van der Waals surface area contributed by atoms with Crippen molar-refractivity contribution < 1.29 is 19.0 Å². The zero-order chi connectivity index (χ0) is 23.3. The smallest absolute Gasteiger partial charge is 0.333 e. The summed E-state index contributed by atoms with van der Waals surface area (Å²) < 4.78 is 19.6. The Balaban J connectivity index is 2.26. The molecule has 0 radical (unpaired) electrons. The molecule has 0 unspecified atom stereocenters. The van der Waals surface area contributed by atoms with E-state index >= 15 is 0 Å². The van der Waals surface area contributed by atoms with Gasteiger partial charge in [-0.05, 0) is 106 Å². The molecule has 2 aromatic rings. The van der Waals surface area contributed by atoms with Crippen LogP contribution in [0.3, 0.4) is 0 Å². The van der Waals surface area contributed by atoms with Crippen LogP contribution in [-0.2, 0) is 14.9 Å². The summed E-state index contributed by atoms with van der Waals surface area (Å²) >= 11 is 14.4. The third-order valence-corrected chi connectivity index (χ3v) is 6.91. The van der Waals surface area contributed by atoms with Gasteiger partial charge in [0.2, 0.25) is 0 Å². The molecule has 8 heteroatoms. The molecule has 2 rings (SSSR count). The highest BCUT2D eigenvalue weighted by molar-refractivity contribution is 9.11. The average Bonchev–Trinajstić information content (AvgIpc) is 2.68. The van der Waals surface area contributed by atoms with Gasteiger partial charge in [0.1, 0.15) is 19.0 Å². The molecule has 0 saturated carbocycles. The predicted octanol–water partition coefficient (Wildman–Crippen LogP) is 8.08. The van der Waals surface area contributed by atoms with E-state index in [-0.39, 0.29) is 18.6 Å². The Morgan fingerprint density at radius 1 is 0.935 bits per heavy atom. The fourth-order valence-electron chi connectivity index (χ4n) is 2.74. The van der Waals surface area contributed by atoms with Crippen LogP contribution in [0, 0.1) is 0 Å². The second kappa shape index (κ2) is 11.2. The lowest BCUT2D eigenvalue weighted by Gasteiger charge is -2.28. The summed E-state index contributed by atoms with van der Waals surface area (Å²) in [4.78, 5) is 11.5. The number of esters is 1. The number of halogens is 4. The first-order valence-corrected chi connectivity index (χ1v) is 12.4. The Labute approximate surface area is 216 Å². The van der Waals surface area contributed by atoms with Gasteiger partial charge in [-0.2, -0.15) is 0 Å². The number of ether oxygens (including phenoxy) is 3. The highest BCUT2D eigenvalue weighted by Crippen LogP contribution is 2.44. The van der Waals surface area contributed by atoms with Crippen molar-refractivity contribution in [3.05, 3.63) is 78.3 Å². The molecule has 4 nitrogen and oxygen atoms in total. The molecule has 0 fully saturated rings. The maximum atomic E-state index is 11.5. The molecule has 0 N–H and O–H groups in total. The van der Waals surface area contributed by atoms with Crippen LogP contribution in [0.25, 0.3) is 0 Å². The number of carbonyl (C=O) groups is 1. The summed E-state index contributed by atoms with van der Waals surface area (Å²) in [6, 6.07) is 8.11. The summed E-state index contributed by atoms with van der Waals surface area (Å²) in [5.41, 5.74) is 2.19. The molecule has 166 valence electrons. The number of hydrogen-bond acceptors (Lipinski definition) is 4. The fourth-order valence-corrected chi connectivity index (χ4v) is 5.53. The van der Waals surface area contributed by atoms with E-state index in [2.05, 4.69) is 90.7 Å². The van der Waals surface area contributed by atoms with E-state index in [0.717, 1.165) is 29.0 Å². The molecule has 0 aromatic heterocycles. The summed E-state index contributed by atoms with van der Waals surface area (Å²) in [7, 11) is 0. The SMILES string of the molecule is C=COc1c(Br)cc(C(C)(C)c2cc(Br)c(OCCOC(=O)C(=C)C)c(Br)c2)cc1Br. The van der Waals surface area contributed by atoms with Gasteiger partial charge in [-0.1, -0.05) is 27.0 Å². The normalized spacial score (nSPS) is 11.1. The lowest BCUT2D eigenvalue weighted by molar-refractivity contribution is -0.139. The zero-order valence-electron chi connectivity index (χ0n) is 17.4. The van der Waals surface area contributed by atoms with E-state index in [4.69, 9.17) is 14.2 Å². The first-order chi connectivity index (χ1) is 14.5. The quantitative estimate of drug-likeness (QED) is 0.116. The minimum Gasteiger partial charge on any atom is -0.488 e. The molecule has 0 aliphatic heterocycles. The van der Waals surface area contributed by atoms with Gasteiger partial charge in [-0.3, -0.25) is 0 Å². The highest BCUT2D eigenvalue weighted by Gasteiger charge is 2.27. The van der Waals surface area contributed by atoms with Crippen LogP contribution < -0.4 is 9.47 Å². The van der Waals surface area contributed by atoms with Crippen LogP contribution in [0.15, 0.2) is 67.1 Å². The topological polar surface area (TPSA) is 44.8 Å². The minimum absolute atomic E-state index is 0.138. The van der Waals surface area contributed by atoms with Crippen molar-refractivity contribution >= 4 is 69.7 Å². The van der Waals surface area contributed by atoms with Gasteiger partial charge in [-0.15, -0.1) is 0 Å². The van der Waals surface area contributed by atoms with Gasteiger partial charge >= 0.3 is 5.97 Å². The van der Waals surface area contributed by atoms with Gasteiger partial charge in [0.25, 0.3) is 0 Å². The molecule has 0 bridgehead atoms. The van der Waals surface area contributed by atoms with Crippen LogP contribution >= 0.6 is 63.7 Å². The molecule has 0 saturated heterocycles. The number of carbonyl (C=O) groups excluding carboxylic acids is 1. The summed E-state index contributed by atoms with van der Waals surface area (Å²) in [5, 5.41) is 0. The van der Waals surface area contributed by atoms with Crippen LogP contribution in [0.5, 0.6) is 11.5 Å². The van der Waals surface area contributed by atoms with Crippen molar-refractivity contribution in [1.29, 1.82) is 0 Å². The van der Waals surface area contributed by atoms with Crippen LogP contribution in [-0.4, -0.2) is 19.2 Å². The standard InChI is InChI=1S/C23H22Br4O4/c1-6-29-20-16(24)9-14(10-17(20)25)23(4,5)15-11-18(26)21(19(27)12-15)30-7-8-31-22(28)13(2)3/h6,9-12H,1-2,7-8H2,3-5H3. The van der Waals surface area contributed by atoms with Crippen molar-refractivity contribution in [3.8, 4) is 11.5 Å². The summed E-state index contributed by atoms with van der Waals surface area (Å²) in [5.74, 6) is 0.886. The molecule has 0 atom stereocenters. The minimum atomic E-state index is -0.430. The van der Waals surface area contributed by atoms with E-state index in [1.54, 1.807) is 6.92 Å². The molecule has 31 heavy (non-hydrogen) atoms. The first kappa shape index (κ1) is 26.2. The molecule has 0 aliphatic carbocycles. The van der Waals surface area contributed by atoms with Crippen LogP contribution in [0.2, 0.25) is 0 Å². The van der Waals surface area contributed by atoms with Gasteiger partial charge in [0, 0.05) is 11.0 Å². The summed E-state index contributed by atoms with van der Waals surface area (Å²) in [6.45, 7) is 13.4. The van der Waals surface area contributed by atoms with Crippen molar-refractivity contribution in [1.82, 2.24) is 0 Å². The Morgan fingerprint density at radius 3 is 1.81 bits per heavy atom. The third kappa shape index (κ3) is 6.46. The number of hydrogen-bond donors (Lipinski definition) is 0. The van der Waals surface area contributed by atoms with Crippen molar-refractivity contribution in [3.63, 3.8) is 0 Å². The van der Waals surface area contributed by atoms with Crippen LogP contribution in [0.4, 0.5) is 0 Å². The monoisotopic (exact) mass is 678 g/mol. The second-order valence-electron chi connectivity index (χ2n) is 7.21. The molecule has 2 aromatic carbocycles. The fraction of sp³-hybridized carbons (Fsp3) is 0.261. The number of rotatable bonds is 9. The van der Waals surface area contributed by atoms with Crippen molar-refractivity contribution in [2.24, 2.45) is 0 Å². The van der Waals surface area contributed by atoms with E-state index < -0.39 is 5.97 Å². The molecular formula is C23H22Br4O4. The van der Waals surface area contributed by atoms with Gasteiger partial charge in [-0.25, -0.2) is 4.79 Å². The Bertz CT molecular complexity index is 969. The Kier molecular flexibility index (Phi) is 9.42. The molecule has 0 spiro atoms. The van der Waals surface area contributed by atoms with Crippen LogP contribution in [0.1, 0.15) is 31.9 Å². The van der Waals surface area contributed by atoms with E-state index in [9.17, 15) is 4.79 Å². The summed E-state index contributed by atoms with van der Waals surface area (Å²) in [6.07, 6.45) is 1.39. The maximum Gasteiger partial charge on any atom is 0.333 e. The van der Waals surface area contributed by atoms with E-state index in [1.807, 2.05) is 24.3 Å². The molecule has 0 amide bonds. The van der Waals surface area contributed by atoms with Crippen molar-refractivity contribution in [2.45, 2.75) is 26.2 Å². The second-order valence-corrected chi connectivity index (χ2v) is 10.6. The van der Waals surface area contributed by atoms with Gasteiger partial charge in [0.05, 0.1) is 24.2 Å². The predicted molar refractivity (Wildman–Crippen MR) is 138 cm³/mol. The van der Waals surface area contributed by atoms with Crippen molar-refractivity contribution in [2.75, 3.05) is 13.2 Å². The zero-order valence-corrected chi connectivity index (χ0v) is 23.7. The molecular weight excluding hydrogens is 660 g/mol.